The summed E-state index contributed by atoms with van der Waals surface area (Å²) in [6.45, 7) is -0.444. The fourth-order valence-electron chi connectivity index (χ4n) is 1.51. The largest absolute Gasteiger partial charge is 0.480 e. The molecule has 5 nitrogen and oxygen atoms in total. The van der Waals surface area contributed by atoms with Gasteiger partial charge in [0.15, 0.2) is 0 Å². The molecule has 0 bridgehead atoms. The monoisotopic (exact) mass is 236 g/mol. The van der Waals surface area contributed by atoms with Crippen molar-refractivity contribution in [2.45, 2.75) is 6.54 Å². The first-order valence-electron chi connectivity index (χ1n) is 4.84. The molecule has 0 aliphatic carbocycles. The van der Waals surface area contributed by atoms with Gasteiger partial charge in [-0.2, -0.15) is 0 Å². The maximum Gasteiger partial charge on any atom is 0.333 e. The van der Waals surface area contributed by atoms with Gasteiger partial charge >= 0.3 is 11.7 Å². The average molecular weight is 236 g/mol. The second-order valence-electron chi connectivity index (χ2n) is 3.42. The van der Waals surface area contributed by atoms with Gasteiger partial charge in [-0.15, -0.1) is 0 Å². The summed E-state index contributed by atoms with van der Waals surface area (Å²) in [5.74, 6) is -1.67. The van der Waals surface area contributed by atoms with Crippen molar-refractivity contribution in [3.8, 4) is 5.69 Å². The predicted molar refractivity (Wildman–Crippen MR) is 57.6 cm³/mol. The van der Waals surface area contributed by atoms with E-state index in [1.54, 1.807) is 6.07 Å². The lowest BCUT2D eigenvalue weighted by Crippen LogP contribution is -2.26. The average Bonchev–Trinajstić information content (AvgIpc) is 2.61. The molecule has 0 saturated heterocycles. The van der Waals surface area contributed by atoms with Gasteiger partial charge in [0.25, 0.3) is 0 Å². The van der Waals surface area contributed by atoms with Crippen LogP contribution in [0.15, 0.2) is 41.5 Å². The van der Waals surface area contributed by atoms with Crippen LogP contribution in [0.2, 0.25) is 0 Å². The smallest absolute Gasteiger partial charge is 0.333 e. The van der Waals surface area contributed by atoms with Gasteiger partial charge in [0.1, 0.15) is 12.4 Å². The molecular formula is C11H9FN2O3. The Labute approximate surface area is 95.3 Å². The molecule has 1 aromatic carbocycles. The predicted octanol–water partition coefficient (Wildman–Crippen LogP) is 0.863. The molecule has 0 unspecified atom stereocenters. The highest BCUT2D eigenvalue weighted by Crippen LogP contribution is 2.09. The molecule has 0 saturated carbocycles. The first-order chi connectivity index (χ1) is 8.09. The number of aliphatic carboxylic acids is 1. The van der Waals surface area contributed by atoms with Crippen molar-refractivity contribution in [1.82, 2.24) is 9.13 Å². The van der Waals surface area contributed by atoms with Crippen molar-refractivity contribution >= 4 is 5.97 Å². The second kappa shape index (κ2) is 4.25. The molecule has 0 aliphatic heterocycles. The van der Waals surface area contributed by atoms with Crippen LogP contribution in [0.5, 0.6) is 0 Å². The molecule has 0 radical (unpaired) electrons. The number of imidazole rings is 1. The van der Waals surface area contributed by atoms with Crippen LogP contribution >= 0.6 is 0 Å². The maximum absolute atomic E-state index is 13.4. The fourth-order valence-corrected chi connectivity index (χ4v) is 1.51. The number of carbonyl (C=O) groups is 1. The lowest BCUT2D eigenvalue weighted by molar-refractivity contribution is -0.137. The van der Waals surface area contributed by atoms with Gasteiger partial charge in [-0.3, -0.25) is 13.9 Å². The number of aromatic nitrogens is 2. The Morgan fingerprint density at radius 1 is 1.29 bits per heavy atom. The lowest BCUT2D eigenvalue weighted by Gasteiger charge is -2.02. The first-order valence-corrected chi connectivity index (χ1v) is 4.84. The van der Waals surface area contributed by atoms with Crippen LogP contribution in [0.4, 0.5) is 4.39 Å². The van der Waals surface area contributed by atoms with E-state index in [4.69, 9.17) is 5.11 Å². The van der Waals surface area contributed by atoms with E-state index in [1.165, 1.54) is 30.6 Å². The number of benzene rings is 1. The zero-order valence-electron chi connectivity index (χ0n) is 8.71. The van der Waals surface area contributed by atoms with Crippen molar-refractivity contribution < 1.29 is 14.3 Å². The van der Waals surface area contributed by atoms with Crippen LogP contribution in [0, 0.1) is 5.82 Å². The highest BCUT2D eigenvalue weighted by atomic mass is 19.1. The number of hydrogen-bond acceptors (Lipinski definition) is 2. The lowest BCUT2D eigenvalue weighted by atomic mass is 10.3. The van der Waals surface area contributed by atoms with Crippen LogP contribution < -0.4 is 5.69 Å². The third-order valence-electron chi connectivity index (χ3n) is 2.27. The quantitative estimate of drug-likeness (QED) is 0.859. The number of para-hydroxylation sites is 1. The van der Waals surface area contributed by atoms with Gasteiger partial charge in [-0.1, -0.05) is 12.1 Å². The number of carboxylic acid groups (broad SMARTS) is 1. The third-order valence-corrected chi connectivity index (χ3v) is 2.27. The van der Waals surface area contributed by atoms with Crippen molar-refractivity contribution in [1.29, 1.82) is 0 Å². The zero-order valence-corrected chi connectivity index (χ0v) is 8.71. The van der Waals surface area contributed by atoms with E-state index in [1.807, 2.05) is 0 Å². The number of rotatable bonds is 3. The molecule has 17 heavy (non-hydrogen) atoms. The highest BCUT2D eigenvalue weighted by molar-refractivity contribution is 5.66. The van der Waals surface area contributed by atoms with Gasteiger partial charge in [-0.05, 0) is 12.1 Å². The summed E-state index contributed by atoms with van der Waals surface area (Å²) in [5.41, 5.74) is -0.487. The minimum Gasteiger partial charge on any atom is -0.480 e. The van der Waals surface area contributed by atoms with Crippen LogP contribution in [0.1, 0.15) is 0 Å². The van der Waals surface area contributed by atoms with E-state index in [0.29, 0.717) is 0 Å². The molecule has 2 rings (SSSR count). The van der Waals surface area contributed by atoms with Crippen LogP contribution in [0.3, 0.4) is 0 Å². The van der Waals surface area contributed by atoms with E-state index < -0.39 is 24.0 Å². The molecule has 0 spiro atoms. The zero-order chi connectivity index (χ0) is 12.4. The van der Waals surface area contributed by atoms with E-state index in [0.717, 1.165) is 9.13 Å². The van der Waals surface area contributed by atoms with Gasteiger partial charge in [-0.25, -0.2) is 9.18 Å². The summed E-state index contributed by atoms with van der Waals surface area (Å²) in [6.07, 6.45) is 2.65. The highest BCUT2D eigenvalue weighted by Gasteiger charge is 2.10. The molecule has 1 N–H and O–H groups in total. The summed E-state index contributed by atoms with van der Waals surface area (Å²) in [5, 5.41) is 8.58. The minimum absolute atomic E-state index is 0.0987. The number of hydrogen-bond donors (Lipinski definition) is 1. The van der Waals surface area contributed by atoms with Crippen LogP contribution in [0.25, 0.3) is 5.69 Å². The Hall–Kier alpha value is -2.37. The summed E-state index contributed by atoms with van der Waals surface area (Å²) < 4.78 is 15.5. The Morgan fingerprint density at radius 3 is 2.65 bits per heavy atom. The molecule has 0 fully saturated rings. The Kier molecular flexibility index (Phi) is 2.78. The van der Waals surface area contributed by atoms with E-state index in [9.17, 15) is 14.0 Å². The topological polar surface area (TPSA) is 64.2 Å². The molecule has 0 amide bonds. The number of halogens is 1. The molecular weight excluding hydrogens is 227 g/mol. The number of carboxylic acids is 1. The normalized spacial score (nSPS) is 10.4. The summed E-state index contributed by atoms with van der Waals surface area (Å²) in [4.78, 5) is 22.2. The SMILES string of the molecule is O=C(O)Cn1ccn(-c2ccccc2F)c1=O. The molecule has 1 aromatic heterocycles. The van der Waals surface area contributed by atoms with Crippen LogP contribution in [-0.4, -0.2) is 20.2 Å². The van der Waals surface area contributed by atoms with Crippen LogP contribution in [-0.2, 0) is 11.3 Å². The van der Waals surface area contributed by atoms with E-state index in [2.05, 4.69) is 0 Å². The summed E-state index contributed by atoms with van der Waals surface area (Å²) in [6, 6.07) is 5.79. The van der Waals surface area contributed by atoms with Crippen molar-refractivity contribution in [2.75, 3.05) is 0 Å². The van der Waals surface area contributed by atoms with Crippen molar-refractivity contribution in [3.63, 3.8) is 0 Å². The third kappa shape index (κ3) is 2.10. The van der Waals surface area contributed by atoms with E-state index in [-0.39, 0.29) is 5.69 Å². The first kappa shape index (κ1) is 11.1. The second-order valence-corrected chi connectivity index (χ2v) is 3.42. The minimum atomic E-state index is -1.13. The molecule has 1 heterocycles. The van der Waals surface area contributed by atoms with E-state index >= 15 is 0 Å². The molecule has 0 aliphatic rings. The Morgan fingerprint density at radius 2 is 2.00 bits per heavy atom. The van der Waals surface area contributed by atoms with Gasteiger partial charge in [0, 0.05) is 12.4 Å². The molecule has 0 atom stereocenters. The molecule has 6 heteroatoms. The Bertz CT molecular complexity index is 615. The standard InChI is InChI=1S/C11H9FN2O3/c12-8-3-1-2-4-9(8)14-6-5-13(11(14)17)7-10(15)16/h1-6H,7H2,(H,15,16). The van der Waals surface area contributed by atoms with Gasteiger partial charge in [0.05, 0.1) is 5.69 Å². The number of nitrogens with zero attached hydrogens (tertiary/aromatic N) is 2. The fraction of sp³-hybridized carbons (Fsp3) is 0.0909. The van der Waals surface area contributed by atoms with Crippen molar-refractivity contribution in [2.24, 2.45) is 0 Å². The maximum atomic E-state index is 13.4. The summed E-state index contributed by atoms with van der Waals surface area (Å²) in [7, 11) is 0. The van der Waals surface area contributed by atoms with Gasteiger partial charge < -0.3 is 5.11 Å². The molecule has 2 aromatic rings. The molecule has 88 valence electrons. The van der Waals surface area contributed by atoms with Crippen molar-refractivity contribution in [3.05, 3.63) is 53.0 Å². The Balaban J connectivity index is 2.48. The summed E-state index contributed by atoms with van der Waals surface area (Å²) >= 11 is 0. The van der Waals surface area contributed by atoms with Gasteiger partial charge in [0.2, 0.25) is 0 Å².